The summed E-state index contributed by atoms with van der Waals surface area (Å²) in [7, 11) is 0. The Morgan fingerprint density at radius 1 is 1.63 bits per heavy atom. The highest BCUT2D eigenvalue weighted by atomic mass is 19.1. The number of nitrogen functional groups attached to an aromatic ring is 1. The van der Waals surface area contributed by atoms with Crippen molar-refractivity contribution in [3.63, 3.8) is 0 Å². The summed E-state index contributed by atoms with van der Waals surface area (Å²) in [6.45, 7) is 1.61. The maximum atomic E-state index is 13.8. The van der Waals surface area contributed by atoms with E-state index in [1.54, 1.807) is 6.92 Å². The minimum atomic E-state index is -0.722. The van der Waals surface area contributed by atoms with E-state index in [0.29, 0.717) is 6.42 Å². The fourth-order valence-electron chi connectivity index (χ4n) is 1.92. The molecule has 19 heavy (non-hydrogen) atoms. The Bertz CT molecular complexity index is 523. The number of carbonyl (C=O) groups is 2. The number of amides is 2. The van der Waals surface area contributed by atoms with Crippen molar-refractivity contribution < 1.29 is 14.0 Å². The van der Waals surface area contributed by atoms with Crippen molar-refractivity contribution in [3.05, 3.63) is 12.0 Å². The predicted molar refractivity (Wildman–Crippen MR) is 64.4 cm³/mol. The number of imide groups is 1. The van der Waals surface area contributed by atoms with Crippen LogP contribution in [-0.4, -0.2) is 34.4 Å². The average molecular weight is 268 g/mol. The maximum absolute atomic E-state index is 13.8. The van der Waals surface area contributed by atoms with Gasteiger partial charge in [-0.25, -0.2) is 15.2 Å². The van der Waals surface area contributed by atoms with Gasteiger partial charge in [0.15, 0.2) is 11.6 Å². The molecule has 1 aliphatic heterocycles. The first-order valence-electron chi connectivity index (χ1n) is 5.66. The lowest BCUT2D eigenvalue weighted by Gasteiger charge is -2.34. The number of halogens is 1. The average Bonchev–Trinajstić information content (AvgIpc) is 2.38. The third-order valence-electron chi connectivity index (χ3n) is 2.77. The summed E-state index contributed by atoms with van der Waals surface area (Å²) in [5, 5.41) is 2.20. The van der Waals surface area contributed by atoms with Crippen LogP contribution in [0.1, 0.15) is 13.3 Å². The number of nitrogens with two attached hydrogens (primary N) is 1. The van der Waals surface area contributed by atoms with Gasteiger partial charge in [-0.1, -0.05) is 6.92 Å². The first kappa shape index (κ1) is 13.1. The molecule has 0 radical (unpaired) electrons. The second-order valence-corrected chi connectivity index (χ2v) is 3.97. The second-order valence-electron chi connectivity index (χ2n) is 3.97. The van der Waals surface area contributed by atoms with Gasteiger partial charge in [0.1, 0.15) is 6.04 Å². The number of carbonyl (C=O) groups excluding carboxylic acids is 2. The molecule has 1 fully saturated rings. The van der Waals surface area contributed by atoms with E-state index in [9.17, 15) is 14.0 Å². The van der Waals surface area contributed by atoms with Crippen LogP contribution < -0.4 is 21.5 Å². The molecule has 2 amide bonds. The molecule has 0 aromatic carbocycles. The molecule has 1 aromatic heterocycles. The molecular formula is C10H13FN6O2. The summed E-state index contributed by atoms with van der Waals surface area (Å²) < 4.78 is 13.8. The molecule has 2 rings (SSSR count). The number of piperazine rings is 1. The SMILES string of the molecule is CCC1C(=O)NC(=O)CN1c1nc(NN)ncc1F. The molecule has 4 N–H and O–H groups in total. The van der Waals surface area contributed by atoms with Crippen LogP contribution in [-0.2, 0) is 9.59 Å². The smallest absolute Gasteiger partial charge is 0.249 e. The summed E-state index contributed by atoms with van der Waals surface area (Å²) in [5.41, 5.74) is 2.19. The molecular weight excluding hydrogens is 255 g/mol. The van der Waals surface area contributed by atoms with Crippen LogP contribution in [0.4, 0.5) is 16.2 Å². The van der Waals surface area contributed by atoms with E-state index in [1.807, 2.05) is 0 Å². The van der Waals surface area contributed by atoms with Gasteiger partial charge in [-0.05, 0) is 6.42 Å². The third kappa shape index (κ3) is 2.45. The number of hydrogen-bond donors (Lipinski definition) is 3. The van der Waals surface area contributed by atoms with Crippen molar-refractivity contribution in [2.45, 2.75) is 19.4 Å². The van der Waals surface area contributed by atoms with Crippen molar-refractivity contribution >= 4 is 23.6 Å². The van der Waals surface area contributed by atoms with Gasteiger partial charge in [0.05, 0.1) is 12.7 Å². The fraction of sp³-hybridized carbons (Fsp3) is 0.400. The second kappa shape index (κ2) is 5.14. The summed E-state index contributed by atoms with van der Waals surface area (Å²) in [4.78, 5) is 31.9. The van der Waals surface area contributed by atoms with E-state index in [-0.39, 0.29) is 18.3 Å². The summed E-state index contributed by atoms with van der Waals surface area (Å²) in [5.74, 6) is 3.34. The number of rotatable bonds is 3. The molecule has 0 aliphatic carbocycles. The van der Waals surface area contributed by atoms with Crippen molar-refractivity contribution in [1.82, 2.24) is 15.3 Å². The molecule has 1 aromatic rings. The van der Waals surface area contributed by atoms with Gasteiger partial charge < -0.3 is 4.90 Å². The minimum Gasteiger partial charge on any atom is -0.333 e. The number of aromatic nitrogens is 2. The van der Waals surface area contributed by atoms with Gasteiger partial charge >= 0.3 is 0 Å². The zero-order valence-corrected chi connectivity index (χ0v) is 10.2. The monoisotopic (exact) mass is 268 g/mol. The Labute approximate surface area is 108 Å². The van der Waals surface area contributed by atoms with Gasteiger partial charge in [0.25, 0.3) is 0 Å². The van der Waals surface area contributed by atoms with E-state index in [0.717, 1.165) is 6.20 Å². The highest BCUT2D eigenvalue weighted by Crippen LogP contribution is 2.22. The molecule has 0 saturated carbocycles. The molecule has 9 heteroatoms. The van der Waals surface area contributed by atoms with Crippen molar-refractivity contribution in [2.75, 3.05) is 16.9 Å². The maximum Gasteiger partial charge on any atom is 0.249 e. The quantitative estimate of drug-likeness (QED) is 0.371. The zero-order valence-electron chi connectivity index (χ0n) is 10.2. The van der Waals surface area contributed by atoms with E-state index >= 15 is 0 Å². The van der Waals surface area contributed by atoms with Gasteiger partial charge in [-0.15, -0.1) is 0 Å². The Balaban J connectivity index is 2.42. The number of nitrogens with zero attached hydrogens (tertiary/aromatic N) is 3. The molecule has 1 saturated heterocycles. The normalized spacial score (nSPS) is 19.3. The standard InChI is InChI=1S/C10H13FN6O2/c1-2-6-9(19)14-7(18)4-17(6)8-5(11)3-13-10(15-8)16-12/h3,6H,2,4,12H2,1H3,(H,13,15,16)(H,14,18,19). The van der Waals surface area contributed by atoms with Gasteiger partial charge in [-0.2, -0.15) is 4.98 Å². The van der Waals surface area contributed by atoms with Gasteiger partial charge in [-0.3, -0.25) is 20.3 Å². The minimum absolute atomic E-state index is 0.00434. The number of anilines is 2. The first-order chi connectivity index (χ1) is 9.06. The van der Waals surface area contributed by atoms with E-state index in [1.165, 1.54) is 4.90 Å². The topological polar surface area (TPSA) is 113 Å². The Hall–Kier alpha value is -2.29. The molecule has 0 bridgehead atoms. The van der Waals surface area contributed by atoms with Crippen LogP contribution in [0.15, 0.2) is 6.20 Å². The van der Waals surface area contributed by atoms with Crippen LogP contribution in [0.25, 0.3) is 0 Å². The number of hydrazine groups is 1. The highest BCUT2D eigenvalue weighted by Gasteiger charge is 2.34. The summed E-state index contributed by atoms with van der Waals surface area (Å²) in [6, 6.07) is -0.660. The molecule has 1 aliphatic rings. The van der Waals surface area contributed by atoms with Crippen LogP contribution in [0.3, 0.4) is 0 Å². The number of hydrogen-bond acceptors (Lipinski definition) is 7. The van der Waals surface area contributed by atoms with E-state index in [4.69, 9.17) is 5.84 Å². The molecule has 8 nitrogen and oxygen atoms in total. The molecule has 102 valence electrons. The van der Waals surface area contributed by atoms with Crippen LogP contribution in [0.2, 0.25) is 0 Å². The lowest BCUT2D eigenvalue weighted by Crippen LogP contribution is -2.58. The Morgan fingerprint density at radius 2 is 2.37 bits per heavy atom. The van der Waals surface area contributed by atoms with Crippen LogP contribution in [0, 0.1) is 5.82 Å². The first-order valence-corrected chi connectivity index (χ1v) is 5.66. The lowest BCUT2D eigenvalue weighted by atomic mass is 10.1. The Morgan fingerprint density at radius 3 is 3.00 bits per heavy atom. The molecule has 2 heterocycles. The Kier molecular flexibility index (Phi) is 3.56. The van der Waals surface area contributed by atoms with Crippen molar-refractivity contribution in [2.24, 2.45) is 5.84 Å². The fourth-order valence-corrected chi connectivity index (χ4v) is 1.92. The lowest BCUT2D eigenvalue weighted by molar-refractivity contribution is -0.132. The van der Waals surface area contributed by atoms with E-state index < -0.39 is 23.7 Å². The molecule has 0 spiro atoms. The summed E-state index contributed by atoms with van der Waals surface area (Å²) in [6.07, 6.45) is 1.34. The van der Waals surface area contributed by atoms with Crippen molar-refractivity contribution in [3.8, 4) is 0 Å². The molecule has 1 atom stereocenters. The molecule has 1 unspecified atom stereocenters. The van der Waals surface area contributed by atoms with Crippen molar-refractivity contribution in [1.29, 1.82) is 0 Å². The predicted octanol–water partition coefficient (Wildman–Crippen LogP) is -0.857. The summed E-state index contributed by atoms with van der Waals surface area (Å²) >= 11 is 0. The number of nitrogens with one attached hydrogen (secondary N) is 2. The van der Waals surface area contributed by atoms with Crippen LogP contribution >= 0.6 is 0 Å². The third-order valence-corrected chi connectivity index (χ3v) is 2.77. The largest absolute Gasteiger partial charge is 0.333 e. The van der Waals surface area contributed by atoms with Gasteiger partial charge in [0.2, 0.25) is 17.8 Å². The zero-order chi connectivity index (χ0) is 14.0. The van der Waals surface area contributed by atoms with Crippen LogP contribution in [0.5, 0.6) is 0 Å². The van der Waals surface area contributed by atoms with E-state index in [2.05, 4.69) is 20.7 Å². The van der Waals surface area contributed by atoms with Gasteiger partial charge in [0, 0.05) is 0 Å². The highest BCUT2D eigenvalue weighted by molar-refractivity contribution is 6.04.